The highest BCUT2D eigenvalue weighted by Gasteiger charge is 2.22. The van der Waals surface area contributed by atoms with Gasteiger partial charge in [-0.3, -0.25) is 4.79 Å². The Bertz CT molecular complexity index is 1170. The van der Waals surface area contributed by atoms with Gasteiger partial charge in [0.05, 0.1) is 11.9 Å². The van der Waals surface area contributed by atoms with Crippen molar-refractivity contribution in [3.63, 3.8) is 0 Å². The molecule has 9 nitrogen and oxygen atoms in total. The zero-order valence-electron chi connectivity index (χ0n) is 16.1. The van der Waals surface area contributed by atoms with Crippen LogP contribution in [0.15, 0.2) is 36.9 Å². The van der Waals surface area contributed by atoms with Crippen molar-refractivity contribution in [3.8, 4) is 11.3 Å². The minimum Gasteiger partial charge on any atom is -0.354 e. The number of hydrogen-bond acceptors (Lipinski definition) is 6. The van der Waals surface area contributed by atoms with E-state index < -0.39 is 0 Å². The van der Waals surface area contributed by atoms with Crippen molar-refractivity contribution in [2.24, 2.45) is 0 Å². The molecule has 0 aromatic carbocycles. The van der Waals surface area contributed by atoms with Crippen LogP contribution in [0.2, 0.25) is 0 Å². The molecule has 0 unspecified atom stereocenters. The lowest BCUT2D eigenvalue weighted by Gasteiger charge is -2.29. The molecule has 1 amide bonds. The Morgan fingerprint density at radius 2 is 2.00 bits per heavy atom. The molecule has 0 spiro atoms. The third-order valence-electron chi connectivity index (χ3n) is 5.43. The second kappa shape index (κ2) is 7.16. The number of nitrogens with one attached hydrogen (secondary N) is 3. The average molecular weight is 390 g/mol. The van der Waals surface area contributed by atoms with E-state index in [1.165, 1.54) is 0 Å². The van der Waals surface area contributed by atoms with Crippen LogP contribution in [0.3, 0.4) is 0 Å². The smallest absolute Gasteiger partial charge is 0.224 e. The summed E-state index contributed by atoms with van der Waals surface area (Å²) in [7, 11) is 0. The zero-order valence-corrected chi connectivity index (χ0v) is 16.1. The molecule has 4 aromatic rings. The fourth-order valence-corrected chi connectivity index (χ4v) is 4.00. The summed E-state index contributed by atoms with van der Waals surface area (Å²) in [6.45, 7) is 1.57. The number of hydrogen-bond donors (Lipinski definition) is 3. The van der Waals surface area contributed by atoms with E-state index in [1.807, 2.05) is 30.7 Å². The first-order valence-corrected chi connectivity index (χ1v) is 9.84. The fraction of sp³-hybridized carbons (Fsp3) is 0.350. The van der Waals surface area contributed by atoms with Gasteiger partial charge >= 0.3 is 0 Å². The summed E-state index contributed by atoms with van der Waals surface area (Å²) in [5.74, 6) is 0.660. The Morgan fingerprint density at radius 1 is 1.17 bits per heavy atom. The van der Waals surface area contributed by atoms with Crippen molar-refractivity contribution in [1.82, 2.24) is 34.9 Å². The van der Waals surface area contributed by atoms with E-state index in [-0.39, 0.29) is 11.9 Å². The van der Waals surface area contributed by atoms with Crippen molar-refractivity contribution in [3.05, 3.63) is 36.9 Å². The van der Waals surface area contributed by atoms with Crippen molar-refractivity contribution in [1.29, 1.82) is 0 Å². The van der Waals surface area contributed by atoms with Gasteiger partial charge in [-0.1, -0.05) is 0 Å². The van der Waals surface area contributed by atoms with Crippen molar-refractivity contribution >= 4 is 28.5 Å². The van der Waals surface area contributed by atoms with E-state index >= 15 is 0 Å². The van der Waals surface area contributed by atoms with Crippen LogP contribution in [-0.4, -0.2) is 47.5 Å². The van der Waals surface area contributed by atoms with Gasteiger partial charge in [0.2, 0.25) is 11.9 Å². The Labute approximate surface area is 167 Å². The van der Waals surface area contributed by atoms with Crippen LogP contribution in [-0.2, 0) is 4.79 Å². The first-order valence-electron chi connectivity index (χ1n) is 9.84. The Kier molecular flexibility index (Phi) is 4.34. The van der Waals surface area contributed by atoms with E-state index in [9.17, 15) is 4.79 Å². The second-order valence-electron chi connectivity index (χ2n) is 7.50. The minimum atomic E-state index is 0.0413. The molecule has 0 atom stereocenters. The van der Waals surface area contributed by atoms with Crippen LogP contribution in [0.1, 0.15) is 32.6 Å². The molecular formula is C20H22N8O. The lowest BCUT2D eigenvalue weighted by atomic mass is 9.91. The molecule has 148 valence electrons. The quantitative estimate of drug-likeness (QED) is 0.494. The number of rotatable bonds is 4. The number of anilines is 1. The van der Waals surface area contributed by atoms with Crippen LogP contribution in [0, 0.1) is 0 Å². The number of aromatic amines is 1. The zero-order chi connectivity index (χ0) is 19.8. The molecule has 3 N–H and O–H groups in total. The Hall–Kier alpha value is -3.49. The number of amides is 1. The molecule has 0 saturated heterocycles. The van der Waals surface area contributed by atoms with Gasteiger partial charge in [0, 0.05) is 54.6 Å². The number of nitrogens with zero attached hydrogens (tertiary/aromatic N) is 5. The number of H-pyrrole nitrogens is 1. The lowest BCUT2D eigenvalue weighted by molar-refractivity contribution is -0.119. The van der Waals surface area contributed by atoms with Gasteiger partial charge in [-0.15, -0.1) is 0 Å². The number of carbonyl (C=O) groups excluding carboxylic acids is 1. The molecule has 1 saturated carbocycles. The van der Waals surface area contributed by atoms with E-state index in [4.69, 9.17) is 0 Å². The first-order chi connectivity index (χ1) is 14.2. The molecule has 29 heavy (non-hydrogen) atoms. The maximum atomic E-state index is 11.2. The summed E-state index contributed by atoms with van der Waals surface area (Å²) in [5, 5.41) is 11.6. The fourth-order valence-electron chi connectivity index (χ4n) is 4.00. The van der Waals surface area contributed by atoms with Gasteiger partial charge in [-0.05, 0) is 31.7 Å². The highest BCUT2D eigenvalue weighted by molar-refractivity contribution is 5.92. The molecule has 1 aliphatic rings. The second-order valence-corrected chi connectivity index (χ2v) is 7.50. The summed E-state index contributed by atoms with van der Waals surface area (Å²) in [5.41, 5.74) is 3.39. The topological polar surface area (TPSA) is 113 Å². The number of fused-ring (bicyclic) bond motifs is 2. The van der Waals surface area contributed by atoms with Crippen LogP contribution < -0.4 is 10.6 Å². The van der Waals surface area contributed by atoms with Gasteiger partial charge in [-0.25, -0.2) is 14.5 Å². The molecule has 0 aliphatic heterocycles. The molecule has 9 heteroatoms. The van der Waals surface area contributed by atoms with Crippen molar-refractivity contribution in [2.45, 2.75) is 44.7 Å². The van der Waals surface area contributed by atoms with Crippen molar-refractivity contribution < 1.29 is 4.79 Å². The standard InChI is InChI=1S/C20H22N8O/c1-12(29)24-13-2-4-14(5-3-13)25-20-22-11-16-15(10-21-19(16)27-20)17-7-9-28-18(26-17)6-8-23-28/h6-11,13-14H,2-5H2,1H3,(H,24,29)(H2,21,22,25,27)/t13-,14-. The molecule has 1 aliphatic carbocycles. The van der Waals surface area contributed by atoms with Crippen molar-refractivity contribution in [2.75, 3.05) is 5.32 Å². The molecule has 0 radical (unpaired) electrons. The van der Waals surface area contributed by atoms with Gasteiger partial charge < -0.3 is 15.6 Å². The lowest BCUT2D eigenvalue weighted by Crippen LogP contribution is -2.39. The van der Waals surface area contributed by atoms with Crippen LogP contribution in [0.25, 0.3) is 27.9 Å². The molecule has 1 fully saturated rings. The predicted octanol–water partition coefficient (Wildman–Crippen LogP) is 2.53. The summed E-state index contributed by atoms with van der Waals surface area (Å²) in [6.07, 6.45) is 11.3. The maximum Gasteiger partial charge on any atom is 0.224 e. The highest BCUT2D eigenvalue weighted by atomic mass is 16.1. The molecule has 4 heterocycles. The Balaban J connectivity index is 1.32. The molecule has 5 rings (SSSR count). The highest BCUT2D eigenvalue weighted by Crippen LogP contribution is 2.27. The molecule has 4 aromatic heterocycles. The maximum absolute atomic E-state index is 11.2. The summed E-state index contributed by atoms with van der Waals surface area (Å²) in [4.78, 5) is 28.3. The summed E-state index contributed by atoms with van der Waals surface area (Å²) >= 11 is 0. The monoisotopic (exact) mass is 390 g/mol. The first kappa shape index (κ1) is 17.6. The third-order valence-corrected chi connectivity index (χ3v) is 5.43. The number of carbonyl (C=O) groups is 1. The van der Waals surface area contributed by atoms with E-state index in [2.05, 4.69) is 35.7 Å². The van der Waals surface area contributed by atoms with Gasteiger partial charge in [0.25, 0.3) is 0 Å². The van der Waals surface area contributed by atoms with Gasteiger partial charge in [0.1, 0.15) is 5.65 Å². The van der Waals surface area contributed by atoms with Crippen LogP contribution in [0.5, 0.6) is 0 Å². The van der Waals surface area contributed by atoms with Gasteiger partial charge in [0.15, 0.2) is 5.65 Å². The average Bonchev–Trinajstić information content (AvgIpc) is 3.35. The Morgan fingerprint density at radius 3 is 2.83 bits per heavy atom. The van der Waals surface area contributed by atoms with E-state index in [1.54, 1.807) is 17.6 Å². The number of aromatic nitrogens is 6. The van der Waals surface area contributed by atoms with E-state index in [0.29, 0.717) is 12.0 Å². The SMILES string of the molecule is CC(=O)N[C@H]1CC[C@H](Nc2ncc3c(-c4ccn5nccc5n4)c[nH]c3n2)CC1. The normalized spacial score (nSPS) is 19.5. The van der Waals surface area contributed by atoms with Crippen LogP contribution >= 0.6 is 0 Å². The summed E-state index contributed by atoms with van der Waals surface area (Å²) in [6, 6.07) is 4.40. The largest absolute Gasteiger partial charge is 0.354 e. The molecular weight excluding hydrogens is 368 g/mol. The molecule has 0 bridgehead atoms. The predicted molar refractivity (Wildman–Crippen MR) is 109 cm³/mol. The third kappa shape index (κ3) is 3.51. The minimum absolute atomic E-state index is 0.0413. The van der Waals surface area contributed by atoms with Crippen LogP contribution in [0.4, 0.5) is 5.95 Å². The summed E-state index contributed by atoms with van der Waals surface area (Å²) < 4.78 is 1.73. The van der Waals surface area contributed by atoms with Gasteiger partial charge in [-0.2, -0.15) is 10.1 Å². The van der Waals surface area contributed by atoms with E-state index in [0.717, 1.165) is 53.6 Å².